The van der Waals surface area contributed by atoms with Gasteiger partial charge in [0.1, 0.15) is 0 Å². The lowest BCUT2D eigenvalue weighted by Gasteiger charge is -2.15. The summed E-state index contributed by atoms with van der Waals surface area (Å²) in [5.41, 5.74) is -1.25. The molecule has 0 spiro atoms. The molecule has 2 atom stereocenters. The second kappa shape index (κ2) is 8.93. The lowest BCUT2D eigenvalue weighted by molar-refractivity contribution is -0.994. The van der Waals surface area contributed by atoms with Crippen LogP contribution in [-0.2, 0) is 25.2 Å². The van der Waals surface area contributed by atoms with Gasteiger partial charge in [0.05, 0.1) is 11.1 Å². The summed E-state index contributed by atoms with van der Waals surface area (Å²) in [6.07, 6.45) is -9.27. The monoisotopic (exact) mass is 434 g/mol. The largest absolute Gasteiger partial charge is 0.567 e. The molecule has 0 saturated carbocycles. The third kappa shape index (κ3) is 6.11. The number of nitrogens with zero attached hydrogens (tertiary/aromatic N) is 2. The molecule has 10 heteroatoms. The molecule has 0 N–H and O–H groups in total. The summed E-state index contributed by atoms with van der Waals surface area (Å²) in [5.74, 6) is 0. The molecule has 0 saturated heterocycles. The van der Waals surface area contributed by atoms with E-state index in [2.05, 4.69) is 0 Å². The zero-order valence-electron chi connectivity index (χ0n) is 16.2. The predicted molar refractivity (Wildman–Crippen MR) is 96.5 cm³/mol. The molecule has 2 aromatic carbocycles. The van der Waals surface area contributed by atoms with Crippen LogP contribution < -0.4 is 0 Å². The summed E-state index contributed by atoms with van der Waals surface area (Å²) in [6.45, 7) is 2.77. The van der Waals surface area contributed by atoms with Crippen LogP contribution in [0.1, 0.15) is 36.1 Å². The fourth-order valence-electron chi connectivity index (χ4n) is 2.98. The van der Waals surface area contributed by atoms with Gasteiger partial charge < -0.3 is 10.4 Å². The van der Waals surface area contributed by atoms with Crippen LogP contribution in [0.5, 0.6) is 0 Å². The average Bonchev–Trinajstić information content (AvgIpc) is 2.65. The molecule has 2 aromatic rings. The molecule has 2 unspecified atom stereocenters. The first kappa shape index (κ1) is 23.5. The smallest absolute Gasteiger partial charge is 0.416 e. The van der Waals surface area contributed by atoms with Gasteiger partial charge in [0.25, 0.3) is 0 Å². The summed E-state index contributed by atoms with van der Waals surface area (Å²) in [5, 5.41) is 24.6. The van der Waals surface area contributed by atoms with Gasteiger partial charge in [-0.3, -0.25) is 0 Å². The summed E-state index contributed by atoms with van der Waals surface area (Å²) in [7, 11) is 0. The highest BCUT2D eigenvalue weighted by molar-refractivity contribution is 5.27. The fourth-order valence-corrected chi connectivity index (χ4v) is 2.98. The van der Waals surface area contributed by atoms with Crippen molar-refractivity contribution in [3.05, 3.63) is 81.2 Å². The van der Waals surface area contributed by atoms with Gasteiger partial charge in [-0.25, -0.2) is 0 Å². The van der Waals surface area contributed by atoms with Crippen LogP contribution in [-0.4, -0.2) is 21.8 Å². The van der Waals surface area contributed by atoms with Crippen LogP contribution in [0.3, 0.4) is 0 Å². The van der Waals surface area contributed by atoms with Gasteiger partial charge in [-0.1, -0.05) is 36.4 Å². The van der Waals surface area contributed by atoms with Gasteiger partial charge in [0.2, 0.25) is 12.1 Å². The second-order valence-electron chi connectivity index (χ2n) is 7.11. The van der Waals surface area contributed by atoms with Crippen molar-refractivity contribution < 1.29 is 36.1 Å². The normalized spacial score (nSPS) is 15.5. The van der Waals surface area contributed by atoms with Crippen molar-refractivity contribution in [3.8, 4) is 0 Å². The first-order valence-electron chi connectivity index (χ1n) is 9.04. The molecular formula is C20H20F6N2O2. The molecule has 164 valence electrons. The van der Waals surface area contributed by atoms with Crippen molar-refractivity contribution in [2.45, 2.75) is 51.1 Å². The molecule has 30 heavy (non-hydrogen) atoms. The van der Waals surface area contributed by atoms with Crippen molar-refractivity contribution >= 4 is 0 Å². The fraction of sp³-hybridized carbons (Fsp3) is 0.400. The van der Waals surface area contributed by atoms with E-state index in [1.807, 2.05) is 0 Å². The lowest BCUT2D eigenvalue weighted by atomic mass is 10.0. The summed E-state index contributed by atoms with van der Waals surface area (Å²) in [4.78, 5) is 0.192. The molecule has 0 aromatic heterocycles. The molecule has 2 rings (SSSR count). The minimum absolute atomic E-state index is 0.0958. The maximum atomic E-state index is 12.8. The van der Waals surface area contributed by atoms with E-state index in [1.54, 1.807) is 0 Å². The van der Waals surface area contributed by atoms with Crippen LogP contribution in [0.4, 0.5) is 26.3 Å². The van der Waals surface area contributed by atoms with Crippen molar-refractivity contribution in [3.63, 3.8) is 0 Å². The van der Waals surface area contributed by atoms with E-state index >= 15 is 0 Å². The Morgan fingerprint density at radius 1 is 0.700 bits per heavy atom. The Morgan fingerprint density at radius 2 is 1.03 bits per heavy atom. The van der Waals surface area contributed by atoms with E-state index in [0.29, 0.717) is 0 Å². The van der Waals surface area contributed by atoms with Crippen LogP contribution in [0.25, 0.3) is 0 Å². The number of halogens is 6. The quantitative estimate of drug-likeness (QED) is 0.251. The zero-order valence-corrected chi connectivity index (χ0v) is 16.2. The molecule has 0 aliphatic carbocycles. The van der Waals surface area contributed by atoms with Gasteiger partial charge in [-0.15, -0.1) is 0 Å². The number of hydrogen-bond acceptors (Lipinski definition) is 2. The number of hydrogen-bond donors (Lipinski definition) is 0. The van der Waals surface area contributed by atoms with Gasteiger partial charge in [0, 0.05) is 36.4 Å². The summed E-state index contributed by atoms with van der Waals surface area (Å²) in [6, 6.07) is 6.93. The van der Waals surface area contributed by atoms with Crippen LogP contribution in [0, 0.1) is 10.4 Å². The van der Waals surface area contributed by atoms with E-state index in [-0.39, 0.29) is 33.7 Å². The average molecular weight is 434 g/mol. The van der Waals surface area contributed by atoms with Crippen LogP contribution in [0.15, 0.2) is 48.5 Å². The Balaban J connectivity index is 2.13. The molecule has 0 aliphatic rings. The first-order valence-corrected chi connectivity index (χ1v) is 9.04. The number of rotatable bonds is 6. The topological polar surface area (TPSA) is 52.1 Å². The van der Waals surface area contributed by atoms with E-state index in [1.165, 1.54) is 38.1 Å². The van der Waals surface area contributed by atoms with E-state index in [4.69, 9.17) is 0 Å². The van der Waals surface area contributed by atoms with Gasteiger partial charge >= 0.3 is 12.4 Å². The summed E-state index contributed by atoms with van der Waals surface area (Å²) < 4.78 is 76.8. The molecule has 0 fully saturated rings. The van der Waals surface area contributed by atoms with E-state index in [0.717, 1.165) is 24.3 Å². The highest BCUT2D eigenvalue weighted by Crippen LogP contribution is 2.30. The Kier molecular flexibility index (Phi) is 6.99. The summed E-state index contributed by atoms with van der Waals surface area (Å²) >= 11 is 0. The maximum absolute atomic E-state index is 12.8. The minimum Gasteiger partial charge on any atom is -0.567 e. The van der Waals surface area contributed by atoms with Crippen LogP contribution in [0.2, 0.25) is 0 Å². The third-order valence-electron chi connectivity index (χ3n) is 4.52. The molecule has 0 radical (unpaired) electrons. The maximum Gasteiger partial charge on any atom is 0.416 e. The third-order valence-corrected chi connectivity index (χ3v) is 4.52. The van der Waals surface area contributed by atoms with Crippen molar-refractivity contribution in [2.75, 3.05) is 0 Å². The predicted octanol–water partition coefficient (Wildman–Crippen LogP) is 5.76. The number of azo groups is 1. The van der Waals surface area contributed by atoms with Gasteiger partial charge in [0.15, 0.2) is 0 Å². The number of benzene rings is 2. The standard InChI is InChI=1S/C20H20F6N2O2/c1-13(9-15-5-3-7-17(11-15)19(21,22)23)27(29)28(30)14(2)10-16-6-4-8-18(12-16)20(24,25)26/h3-8,11-14H,9-10H2,1-2H3/b28-27+. The van der Waals surface area contributed by atoms with Crippen molar-refractivity contribution in [1.29, 1.82) is 0 Å². The highest BCUT2D eigenvalue weighted by Gasteiger charge is 2.32. The van der Waals surface area contributed by atoms with Crippen molar-refractivity contribution in [1.82, 2.24) is 0 Å². The zero-order chi connectivity index (χ0) is 22.7. The van der Waals surface area contributed by atoms with Crippen molar-refractivity contribution in [2.24, 2.45) is 0 Å². The Hall–Kier alpha value is -2.78. The Labute approximate surface area is 169 Å². The molecule has 0 aliphatic heterocycles. The van der Waals surface area contributed by atoms with E-state index in [9.17, 15) is 36.8 Å². The first-order chi connectivity index (χ1) is 13.8. The number of alkyl halides is 6. The molecule has 0 amide bonds. The Bertz CT molecular complexity index is 835. The van der Waals surface area contributed by atoms with E-state index < -0.39 is 35.6 Å². The van der Waals surface area contributed by atoms with Crippen LogP contribution >= 0.6 is 0 Å². The molecule has 4 nitrogen and oxygen atoms in total. The SMILES string of the molecule is CC(Cc1cccc(C(F)(F)F)c1)/[N+]([O-])=[N+](\[O-])C(C)Cc1cccc(C(F)(F)F)c1. The Morgan fingerprint density at radius 3 is 1.33 bits per heavy atom. The number of hydroxylamine groups is 2. The second-order valence-corrected chi connectivity index (χ2v) is 7.11. The molecule has 0 bridgehead atoms. The highest BCUT2D eigenvalue weighted by atomic mass is 19.4. The molecule has 0 heterocycles. The van der Waals surface area contributed by atoms with Gasteiger partial charge in [-0.2, -0.15) is 26.3 Å². The van der Waals surface area contributed by atoms with Gasteiger partial charge in [-0.05, 0) is 23.3 Å². The minimum atomic E-state index is -4.53. The lowest BCUT2D eigenvalue weighted by Crippen LogP contribution is -2.34. The molecular weight excluding hydrogens is 414 g/mol.